The fraction of sp³-hybridized carbons (Fsp3) is 0.538. The molecule has 0 atom stereocenters. The molecule has 7 nitrogen and oxygen atoms in total. The van der Waals surface area contributed by atoms with Gasteiger partial charge in [-0.3, -0.25) is 20.2 Å². The number of alkyl halides is 3. The molecule has 1 aromatic rings. The van der Waals surface area contributed by atoms with E-state index in [0.29, 0.717) is 25.0 Å². The van der Waals surface area contributed by atoms with Gasteiger partial charge in [0.15, 0.2) is 5.69 Å². The van der Waals surface area contributed by atoms with Crippen LogP contribution in [0.4, 0.5) is 30.2 Å². The summed E-state index contributed by atoms with van der Waals surface area (Å²) in [6, 6.07) is 1.05. The van der Waals surface area contributed by atoms with Gasteiger partial charge >= 0.3 is 11.9 Å². The fourth-order valence-electron chi connectivity index (χ4n) is 2.32. The van der Waals surface area contributed by atoms with Crippen molar-refractivity contribution in [2.45, 2.75) is 32.9 Å². The first-order chi connectivity index (χ1) is 10.6. The predicted octanol–water partition coefficient (Wildman–Crippen LogP) is 4.15. The molecule has 10 heteroatoms. The van der Waals surface area contributed by atoms with Crippen molar-refractivity contribution >= 4 is 17.1 Å². The zero-order valence-corrected chi connectivity index (χ0v) is 12.6. The van der Waals surface area contributed by atoms with Crippen LogP contribution in [0.15, 0.2) is 12.1 Å². The zero-order chi connectivity index (χ0) is 17.8. The summed E-state index contributed by atoms with van der Waals surface area (Å²) in [5.41, 5.74) is -4.04. The standard InChI is InChI=1S/C13H16F3N3O4/c1-3-7-17(8-4-2)12-10(18(20)21)6-5-9(13(14,15)16)11(12)19(22)23/h5-6H,3-4,7-8H2,1-2H3. The summed E-state index contributed by atoms with van der Waals surface area (Å²) in [5.74, 6) is 0. The Morgan fingerprint density at radius 3 is 1.91 bits per heavy atom. The van der Waals surface area contributed by atoms with Crippen molar-refractivity contribution < 1.29 is 23.0 Å². The Labute approximate surface area is 130 Å². The third-order valence-corrected chi connectivity index (χ3v) is 3.12. The van der Waals surface area contributed by atoms with Crippen molar-refractivity contribution in [3.63, 3.8) is 0 Å². The number of anilines is 1. The topological polar surface area (TPSA) is 89.5 Å². The van der Waals surface area contributed by atoms with Crippen molar-refractivity contribution in [3.05, 3.63) is 37.9 Å². The maximum atomic E-state index is 13.1. The third-order valence-electron chi connectivity index (χ3n) is 3.12. The van der Waals surface area contributed by atoms with Crippen LogP contribution in [-0.2, 0) is 6.18 Å². The van der Waals surface area contributed by atoms with E-state index in [-0.39, 0.29) is 13.1 Å². The van der Waals surface area contributed by atoms with Gasteiger partial charge in [-0.15, -0.1) is 0 Å². The molecular formula is C13H16F3N3O4. The third kappa shape index (κ3) is 4.08. The highest BCUT2D eigenvalue weighted by atomic mass is 19.4. The molecule has 0 saturated carbocycles. The van der Waals surface area contributed by atoms with Gasteiger partial charge in [-0.25, -0.2) is 0 Å². The molecule has 0 bridgehead atoms. The molecule has 0 amide bonds. The number of nitro benzene ring substituents is 2. The van der Waals surface area contributed by atoms with E-state index in [4.69, 9.17) is 0 Å². The van der Waals surface area contributed by atoms with E-state index in [1.165, 1.54) is 4.90 Å². The zero-order valence-electron chi connectivity index (χ0n) is 12.6. The van der Waals surface area contributed by atoms with Crippen LogP contribution in [0, 0.1) is 20.2 Å². The summed E-state index contributed by atoms with van der Waals surface area (Å²) in [6.07, 6.45) is -4.02. The SMILES string of the molecule is CCCN(CCC)c1c([N+](=O)[O-])ccc(C(F)(F)F)c1[N+](=O)[O-]. The lowest BCUT2D eigenvalue weighted by atomic mass is 10.1. The monoisotopic (exact) mass is 335 g/mol. The first-order valence-corrected chi connectivity index (χ1v) is 6.93. The van der Waals surface area contributed by atoms with Gasteiger partial charge in [0.1, 0.15) is 5.56 Å². The number of rotatable bonds is 7. The van der Waals surface area contributed by atoms with Crippen LogP contribution in [0.2, 0.25) is 0 Å². The molecule has 0 saturated heterocycles. The molecule has 0 fully saturated rings. The largest absolute Gasteiger partial charge is 0.423 e. The normalized spacial score (nSPS) is 11.3. The van der Waals surface area contributed by atoms with Gasteiger partial charge in [0.05, 0.1) is 9.85 Å². The molecule has 0 aromatic heterocycles. The lowest BCUT2D eigenvalue weighted by molar-refractivity contribution is -0.394. The Morgan fingerprint density at radius 1 is 1.04 bits per heavy atom. The highest BCUT2D eigenvalue weighted by Gasteiger charge is 2.43. The van der Waals surface area contributed by atoms with Crippen LogP contribution in [0.3, 0.4) is 0 Å². The van der Waals surface area contributed by atoms with Gasteiger partial charge in [-0.1, -0.05) is 13.8 Å². The van der Waals surface area contributed by atoms with Crippen molar-refractivity contribution in [2.75, 3.05) is 18.0 Å². The summed E-state index contributed by atoms with van der Waals surface area (Å²) < 4.78 is 39.2. The minimum absolute atomic E-state index is 0.177. The van der Waals surface area contributed by atoms with E-state index in [1.54, 1.807) is 13.8 Å². The quantitative estimate of drug-likeness (QED) is 0.551. The van der Waals surface area contributed by atoms with Gasteiger partial charge in [-0.05, 0) is 18.9 Å². The molecule has 0 aliphatic rings. The highest BCUT2D eigenvalue weighted by Crippen LogP contribution is 2.46. The maximum Gasteiger partial charge on any atom is 0.423 e. The van der Waals surface area contributed by atoms with Crippen molar-refractivity contribution in [1.82, 2.24) is 0 Å². The average Bonchev–Trinajstić information content (AvgIpc) is 2.44. The smallest absolute Gasteiger partial charge is 0.360 e. The van der Waals surface area contributed by atoms with E-state index < -0.39 is 38.6 Å². The molecule has 128 valence electrons. The molecule has 23 heavy (non-hydrogen) atoms. The minimum Gasteiger partial charge on any atom is -0.360 e. The molecule has 1 aromatic carbocycles. The van der Waals surface area contributed by atoms with E-state index in [0.717, 1.165) is 0 Å². The van der Waals surface area contributed by atoms with Crippen LogP contribution in [-0.4, -0.2) is 22.9 Å². The van der Waals surface area contributed by atoms with E-state index in [1.807, 2.05) is 0 Å². The van der Waals surface area contributed by atoms with Crippen LogP contribution in [0.1, 0.15) is 32.3 Å². The van der Waals surface area contributed by atoms with Crippen molar-refractivity contribution in [3.8, 4) is 0 Å². The second-order valence-electron chi connectivity index (χ2n) is 4.83. The number of nitrogens with zero attached hydrogens (tertiary/aromatic N) is 3. The fourth-order valence-corrected chi connectivity index (χ4v) is 2.32. The van der Waals surface area contributed by atoms with Gasteiger partial charge in [-0.2, -0.15) is 13.2 Å². The first kappa shape index (κ1) is 18.7. The van der Waals surface area contributed by atoms with Crippen molar-refractivity contribution in [2.24, 2.45) is 0 Å². The van der Waals surface area contributed by atoms with Gasteiger partial charge in [0, 0.05) is 19.2 Å². The first-order valence-electron chi connectivity index (χ1n) is 6.93. The van der Waals surface area contributed by atoms with Crippen molar-refractivity contribution in [1.29, 1.82) is 0 Å². The van der Waals surface area contributed by atoms with Gasteiger partial charge in [0.25, 0.3) is 5.69 Å². The molecule has 0 radical (unpaired) electrons. The summed E-state index contributed by atoms with van der Waals surface area (Å²) in [6.45, 7) is 3.82. The Balaban J connectivity index is 3.78. The molecule has 0 unspecified atom stereocenters. The minimum atomic E-state index is -4.98. The van der Waals surface area contributed by atoms with Crippen LogP contribution < -0.4 is 4.90 Å². The Morgan fingerprint density at radius 2 is 1.57 bits per heavy atom. The lowest BCUT2D eigenvalue weighted by Gasteiger charge is -2.24. The van der Waals surface area contributed by atoms with Crippen LogP contribution in [0.25, 0.3) is 0 Å². The van der Waals surface area contributed by atoms with E-state index >= 15 is 0 Å². The number of halogens is 3. The van der Waals surface area contributed by atoms with Crippen LogP contribution >= 0.6 is 0 Å². The summed E-state index contributed by atoms with van der Waals surface area (Å²) >= 11 is 0. The Hall–Kier alpha value is -2.39. The summed E-state index contributed by atoms with van der Waals surface area (Å²) in [4.78, 5) is 21.5. The molecular weight excluding hydrogens is 319 g/mol. The second-order valence-corrected chi connectivity index (χ2v) is 4.83. The molecule has 0 heterocycles. The maximum absolute atomic E-state index is 13.1. The average molecular weight is 335 g/mol. The Kier molecular flexibility index (Phi) is 5.88. The summed E-state index contributed by atoms with van der Waals surface area (Å²) in [7, 11) is 0. The number of hydrogen-bond acceptors (Lipinski definition) is 5. The molecule has 0 aliphatic heterocycles. The molecule has 0 spiro atoms. The van der Waals surface area contributed by atoms with E-state index in [9.17, 15) is 33.4 Å². The number of hydrogen-bond donors (Lipinski definition) is 0. The molecule has 0 N–H and O–H groups in total. The predicted molar refractivity (Wildman–Crippen MR) is 77.5 cm³/mol. The molecule has 1 rings (SSSR count). The van der Waals surface area contributed by atoms with Crippen LogP contribution in [0.5, 0.6) is 0 Å². The van der Waals surface area contributed by atoms with E-state index in [2.05, 4.69) is 0 Å². The highest BCUT2D eigenvalue weighted by molar-refractivity contribution is 5.78. The van der Waals surface area contributed by atoms with Gasteiger partial charge < -0.3 is 4.90 Å². The number of benzene rings is 1. The lowest BCUT2D eigenvalue weighted by Crippen LogP contribution is -2.27. The summed E-state index contributed by atoms with van der Waals surface area (Å²) in [5, 5.41) is 22.4. The Bertz CT molecular complexity index is 599. The molecule has 0 aliphatic carbocycles. The number of nitro groups is 2. The second kappa shape index (κ2) is 7.25. The van der Waals surface area contributed by atoms with Gasteiger partial charge in [0.2, 0.25) is 0 Å².